The zero-order valence-corrected chi connectivity index (χ0v) is 24.2. The lowest BCUT2D eigenvalue weighted by atomic mass is 10.2. The average molecular weight is 600 g/mol. The van der Waals surface area contributed by atoms with E-state index >= 15 is 4.39 Å². The quantitative estimate of drug-likeness (QED) is 0.330. The molecule has 3 aromatic rings. The molecule has 3 unspecified atom stereocenters. The van der Waals surface area contributed by atoms with Crippen LogP contribution >= 0.6 is 11.6 Å². The molecule has 1 aliphatic rings. The van der Waals surface area contributed by atoms with E-state index in [4.69, 9.17) is 25.8 Å². The molecule has 4 rings (SSSR count). The van der Waals surface area contributed by atoms with Gasteiger partial charge in [0.2, 0.25) is 11.8 Å². The predicted octanol–water partition coefficient (Wildman–Crippen LogP) is 4.44. The maximum absolute atomic E-state index is 15.0. The van der Waals surface area contributed by atoms with Crippen molar-refractivity contribution in [2.75, 3.05) is 31.0 Å². The maximum Gasteiger partial charge on any atom is 0.344 e. The van der Waals surface area contributed by atoms with E-state index in [0.29, 0.717) is 10.7 Å². The number of amides is 2. The Kier molecular flexibility index (Phi) is 9.33. The van der Waals surface area contributed by atoms with Crippen molar-refractivity contribution in [2.24, 2.45) is 17.8 Å². The highest BCUT2D eigenvalue weighted by atomic mass is 35.5. The second-order valence-corrected chi connectivity index (χ2v) is 11.2. The fraction of sp³-hybridized carbons (Fsp3) is 0.333. The van der Waals surface area contributed by atoms with Gasteiger partial charge >= 0.3 is 5.97 Å². The number of halogens is 2. The fourth-order valence-electron chi connectivity index (χ4n) is 4.50. The zero-order chi connectivity index (χ0) is 30.6. The van der Waals surface area contributed by atoms with Crippen molar-refractivity contribution in [3.05, 3.63) is 82.0 Å². The third-order valence-corrected chi connectivity index (χ3v) is 6.65. The number of carbonyl (C=O) groups excluding carboxylic acids is 3. The van der Waals surface area contributed by atoms with Crippen LogP contribution in [0, 0.1) is 23.6 Å². The van der Waals surface area contributed by atoms with E-state index in [0.717, 1.165) is 12.1 Å². The molecule has 0 radical (unpaired) electrons. The Morgan fingerprint density at radius 3 is 2.24 bits per heavy atom. The van der Waals surface area contributed by atoms with Crippen LogP contribution in [0.4, 0.5) is 15.8 Å². The molecule has 0 bridgehead atoms. The number of benzene rings is 2. The van der Waals surface area contributed by atoms with E-state index in [2.05, 4.69) is 10.6 Å². The third kappa shape index (κ3) is 7.74. The normalized spacial score (nSPS) is 17.7. The van der Waals surface area contributed by atoms with E-state index in [1.54, 1.807) is 45.0 Å². The smallest absolute Gasteiger partial charge is 0.344 e. The Morgan fingerprint density at radius 2 is 1.64 bits per heavy atom. The molecule has 222 valence electrons. The van der Waals surface area contributed by atoms with Crippen LogP contribution in [0.2, 0.25) is 5.02 Å². The summed E-state index contributed by atoms with van der Waals surface area (Å²) in [5.74, 6) is -3.83. The molecular formula is C30H31ClFN3O7. The SMILES string of the molecule is COCC1C(C(=O)Nc2ccc(Cl)cc2)C1C(=O)Nc1ccc(-n2ccc(OCC(=O)OC(C)(C)C)cc2=O)cc1F. The van der Waals surface area contributed by atoms with E-state index in [1.165, 1.54) is 36.1 Å². The Bertz CT molecular complexity index is 1540. The largest absolute Gasteiger partial charge is 0.482 e. The van der Waals surface area contributed by atoms with Gasteiger partial charge < -0.3 is 24.8 Å². The van der Waals surface area contributed by atoms with Gasteiger partial charge in [-0.3, -0.25) is 19.0 Å². The second-order valence-electron chi connectivity index (χ2n) is 10.8. The molecule has 1 aliphatic carbocycles. The highest BCUT2D eigenvalue weighted by molar-refractivity contribution is 6.30. The second kappa shape index (κ2) is 12.7. The number of esters is 1. The summed E-state index contributed by atoms with van der Waals surface area (Å²) in [5.41, 5.74) is -0.556. The van der Waals surface area contributed by atoms with Gasteiger partial charge in [0, 0.05) is 42.1 Å². The molecule has 0 spiro atoms. The van der Waals surface area contributed by atoms with Crippen molar-refractivity contribution in [3.63, 3.8) is 0 Å². The van der Waals surface area contributed by atoms with E-state index in [-0.39, 0.29) is 42.2 Å². The van der Waals surface area contributed by atoms with E-state index in [9.17, 15) is 19.2 Å². The summed E-state index contributed by atoms with van der Waals surface area (Å²) < 4.78 is 31.9. The lowest BCUT2D eigenvalue weighted by Gasteiger charge is -2.19. The first kappa shape index (κ1) is 30.7. The van der Waals surface area contributed by atoms with Crippen LogP contribution in [0.3, 0.4) is 0 Å². The molecule has 1 fully saturated rings. The monoisotopic (exact) mass is 599 g/mol. The Labute approximate surface area is 246 Å². The number of hydrogen-bond donors (Lipinski definition) is 2. The minimum Gasteiger partial charge on any atom is -0.482 e. The van der Waals surface area contributed by atoms with Gasteiger partial charge in [0.15, 0.2) is 6.61 Å². The van der Waals surface area contributed by atoms with Crippen molar-refractivity contribution in [2.45, 2.75) is 26.4 Å². The number of hydrogen-bond acceptors (Lipinski definition) is 7. The number of nitrogens with zero attached hydrogens (tertiary/aromatic N) is 1. The lowest BCUT2D eigenvalue weighted by molar-refractivity contribution is -0.157. The molecule has 1 aromatic heterocycles. The minimum absolute atomic E-state index is 0.103. The first-order valence-electron chi connectivity index (χ1n) is 13.1. The molecule has 12 heteroatoms. The molecule has 0 aliphatic heterocycles. The topological polar surface area (TPSA) is 125 Å². The molecule has 2 aromatic carbocycles. The third-order valence-electron chi connectivity index (χ3n) is 6.40. The maximum atomic E-state index is 15.0. The summed E-state index contributed by atoms with van der Waals surface area (Å²) in [6, 6.07) is 13.1. The number of aromatic nitrogens is 1. The first-order valence-corrected chi connectivity index (χ1v) is 13.5. The highest BCUT2D eigenvalue weighted by Gasteiger charge is 2.58. The fourth-order valence-corrected chi connectivity index (χ4v) is 4.62. The molecular weight excluding hydrogens is 569 g/mol. The van der Waals surface area contributed by atoms with Gasteiger partial charge in [0.25, 0.3) is 5.56 Å². The zero-order valence-electron chi connectivity index (χ0n) is 23.5. The van der Waals surface area contributed by atoms with Crippen LogP contribution in [0.25, 0.3) is 5.69 Å². The van der Waals surface area contributed by atoms with Crippen LogP contribution in [0.15, 0.2) is 65.6 Å². The molecule has 42 heavy (non-hydrogen) atoms. The number of carbonyl (C=O) groups is 3. The van der Waals surface area contributed by atoms with Crippen LogP contribution in [0.1, 0.15) is 20.8 Å². The Morgan fingerprint density at radius 1 is 0.976 bits per heavy atom. The van der Waals surface area contributed by atoms with Gasteiger partial charge in [-0.2, -0.15) is 0 Å². The van der Waals surface area contributed by atoms with Crippen LogP contribution in [0.5, 0.6) is 5.75 Å². The number of anilines is 2. The lowest BCUT2D eigenvalue weighted by Crippen LogP contribution is -2.27. The molecule has 1 heterocycles. The van der Waals surface area contributed by atoms with Gasteiger partial charge in [0.1, 0.15) is 17.2 Å². The summed E-state index contributed by atoms with van der Waals surface area (Å²) in [6.07, 6.45) is 1.38. The van der Waals surface area contributed by atoms with E-state index in [1.807, 2.05) is 0 Å². The molecule has 2 N–H and O–H groups in total. The van der Waals surface area contributed by atoms with Gasteiger partial charge in [0.05, 0.1) is 29.8 Å². The van der Waals surface area contributed by atoms with Gasteiger partial charge in [-0.1, -0.05) is 11.6 Å². The molecule has 2 amide bonds. The number of nitrogens with one attached hydrogen (secondary N) is 2. The Balaban J connectivity index is 1.40. The van der Waals surface area contributed by atoms with Crippen LogP contribution in [-0.2, 0) is 23.9 Å². The summed E-state index contributed by atoms with van der Waals surface area (Å²) in [4.78, 5) is 50.4. The van der Waals surface area contributed by atoms with Crippen LogP contribution in [-0.4, -0.2) is 48.3 Å². The number of methoxy groups -OCH3 is 1. The van der Waals surface area contributed by atoms with Crippen molar-refractivity contribution < 1.29 is 33.0 Å². The first-order chi connectivity index (χ1) is 19.9. The number of ether oxygens (including phenoxy) is 3. The molecule has 1 saturated carbocycles. The molecule has 10 nitrogen and oxygen atoms in total. The molecule has 0 saturated heterocycles. The van der Waals surface area contributed by atoms with E-state index < -0.39 is 40.7 Å². The van der Waals surface area contributed by atoms with Gasteiger partial charge in [-0.15, -0.1) is 0 Å². The van der Waals surface area contributed by atoms with Crippen molar-refractivity contribution in [3.8, 4) is 11.4 Å². The van der Waals surface area contributed by atoms with Crippen molar-refractivity contribution in [1.82, 2.24) is 4.57 Å². The summed E-state index contributed by atoms with van der Waals surface area (Å²) in [6.45, 7) is 4.99. The van der Waals surface area contributed by atoms with Gasteiger partial charge in [-0.05, 0) is 63.2 Å². The number of pyridine rings is 1. The van der Waals surface area contributed by atoms with Gasteiger partial charge in [-0.25, -0.2) is 9.18 Å². The van der Waals surface area contributed by atoms with Crippen molar-refractivity contribution in [1.29, 1.82) is 0 Å². The highest BCUT2D eigenvalue weighted by Crippen LogP contribution is 2.48. The summed E-state index contributed by atoms with van der Waals surface area (Å²) in [7, 11) is 1.47. The minimum atomic E-state index is -0.774. The molecule has 3 atom stereocenters. The standard InChI is InChI=1S/C30H31ClFN3O7/c1-30(2,3)42-25(37)16-41-20-11-12-35(24(36)14-20)19-9-10-23(22(32)13-19)34-29(39)27-21(15-40-4)26(27)28(38)33-18-7-5-17(31)6-8-18/h5-14,21,26-27H,15-16H2,1-4H3,(H,33,38)(H,34,39). The average Bonchev–Trinajstić information content (AvgIpc) is 3.63. The summed E-state index contributed by atoms with van der Waals surface area (Å²) in [5, 5.41) is 5.83. The van der Waals surface area contributed by atoms with Crippen molar-refractivity contribution >= 4 is 40.8 Å². The van der Waals surface area contributed by atoms with Crippen LogP contribution < -0.4 is 20.9 Å². The summed E-state index contributed by atoms with van der Waals surface area (Å²) >= 11 is 5.89. The Hall–Kier alpha value is -4.22. The number of rotatable bonds is 10. The predicted molar refractivity (Wildman–Crippen MR) is 154 cm³/mol.